The molecule has 0 spiro atoms. The summed E-state index contributed by atoms with van der Waals surface area (Å²) in [4.78, 5) is 11.2. The Morgan fingerprint density at radius 1 is 1.69 bits per heavy atom. The Morgan fingerprint density at radius 2 is 2.31 bits per heavy atom. The molecular weight excluding hydrogens is 192 g/mol. The van der Waals surface area contributed by atoms with Crippen molar-refractivity contribution < 1.29 is 15.0 Å². The van der Waals surface area contributed by atoms with Crippen LogP contribution in [0.5, 0.6) is 11.8 Å². The van der Waals surface area contributed by atoms with Gasteiger partial charge in [0.25, 0.3) is 0 Å². The third kappa shape index (κ3) is 1.89. The van der Waals surface area contributed by atoms with Crippen LogP contribution in [0.3, 0.4) is 0 Å². The number of hydrogen-bond acceptors (Lipinski definition) is 4. The molecule has 0 atom stereocenters. The van der Waals surface area contributed by atoms with Gasteiger partial charge in [0, 0.05) is 13.1 Å². The lowest BCUT2D eigenvalue weighted by Crippen LogP contribution is -2.23. The van der Waals surface area contributed by atoms with Gasteiger partial charge in [-0.2, -0.15) is 0 Å². The Kier molecular flexibility index (Phi) is 2.72. The molecule has 0 radical (unpaired) electrons. The van der Waals surface area contributed by atoms with Gasteiger partial charge in [-0.15, -0.1) is 12.6 Å². The average molecular weight is 202 g/mol. The first-order chi connectivity index (χ1) is 6.06. The van der Waals surface area contributed by atoms with Crippen molar-refractivity contribution in [2.45, 2.75) is 11.4 Å². The molecule has 0 aliphatic rings. The molecule has 3 N–H and O–H groups in total. The number of nitrogens with one attached hydrogen (secondary N) is 1. The maximum atomic E-state index is 10.9. The summed E-state index contributed by atoms with van der Waals surface area (Å²) < 4.78 is 1.06. The van der Waals surface area contributed by atoms with Gasteiger partial charge >= 0.3 is 0 Å². The van der Waals surface area contributed by atoms with Crippen LogP contribution in [0.1, 0.15) is 0 Å². The minimum Gasteiger partial charge on any atom is -0.494 e. The van der Waals surface area contributed by atoms with E-state index >= 15 is 0 Å². The first-order valence-electron chi connectivity index (χ1n) is 3.57. The number of aromatic hydroxyl groups is 2. The van der Waals surface area contributed by atoms with E-state index in [2.05, 4.69) is 17.9 Å². The number of carbonyl (C=O) groups is 1. The van der Waals surface area contributed by atoms with Gasteiger partial charge in [0.15, 0.2) is 5.88 Å². The maximum Gasteiger partial charge on any atom is 0.239 e. The zero-order valence-corrected chi connectivity index (χ0v) is 7.88. The Hall–Kier alpha value is -1.30. The van der Waals surface area contributed by atoms with Crippen molar-refractivity contribution in [1.29, 1.82) is 0 Å². The van der Waals surface area contributed by atoms with Crippen LogP contribution >= 0.6 is 12.6 Å². The molecular formula is C7H10N2O3S. The van der Waals surface area contributed by atoms with Crippen LogP contribution in [0.2, 0.25) is 0 Å². The van der Waals surface area contributed by atoms with Crippen molar-refractivity contribution in [3.63, 3.8) is 0 Å². The van der Waals surface area contributed by atoms with E-state index in [1.165, 1.54) is 13.1 Å². The number of rotatable bonds is 2. The summed E-state index contributed by atoms with van der Waals surface area (Å²) in [6.45, 7) is -0.130. The molecule has 1 aromatic heterocycles. The Labute approximate surface area is 80.4 Å². The van der Waals surface area contributed by atoms with Crippen LogP contribution in [0, 0.1) is 0 Å². The second-order valence-corrected chi connectivity index (χ2v) is 2.95. The number of hydrogen-bond donors (Lipinski definition) is 4. The molecule has 1 amide bonds. The van der Waals surface area contributed by atoms with E-state index in [0.29, 0.717) is 0 Å². The van der Waals surface area contributed by atoms with Gasteiger partial charge in [0.05, 0.1) is 4.90 Å². The van der Waals surface area contributed by atoms with Crippen molar-refractivity contribution in [3.8, 4) is 11.8 Å². The van der Waals surface area contributed by atoms with Gasteiger partial charge in [-0.05, 0) is 0 Å². The lowest BCUT2D eigenvalue weighted by Gasteiger charge is -2.04. The van der Waals surface area contributed by atoms with Crippen LogP contribution in [0.4, 0.5) is 0 Å². The van der Waals surface area contributed by atoms with E-state index in [1.54, 1.807) is 0 Å². The average Bonchev–Trinajstić information content (AvgIpc) is 2.32. The van der Waals surface area contributed by atoms with Gasteiger partial charge < -0.3 is 15.5 Å². The lowest BCUT2D eigenvalue weighted by atomic mass is 10.5. The highest BCUT2D eigenvalue weighted by Crippen LogP contribution is 2.29. The largest absolute Gasteiger partial charge is 0.494 e. The van der Waals surface area contributed by atoms with E-state index in [1.807, 2.05) is 0 Å². The fourth-order valence-electron chi connectivity index (χ4n) is 0.890. The highest BCUT2D eigenvalue weighted by molar-refractivity contribution is 7.80. The molecule has 0 saturated heterocycles. The molecule has 5 nitrogen and oxygen atoms in total. The van der Waals surface area contributed by atoms with E-state index in [0.717, 1.165) is 4.57 Å². The summed E-state index contributed by atoms with van der Waals surface area (Å²) in [5.41, 5.74) is 0. The Morgan fingerprint density at radius 3 is 2.69 bits per heavy atom. The predicted molar refractivity (Wildman–Crippen MR) is 49.1 cm³/mol. The third-order valence-electron chi connectivity index (χ3n) is 1.61. The van der Waals surface area contributed by atoms with Gasteiger partial charge in [-0.1, -0.05) is 0 Å². The summed E-state index contributed by atoms with van der Waals surface area (Å²) in [7, 11) is 1.47. The first-order valence-corrected chi connectivity index (χ1v) is 4.02. The summed E-state index contributed by atoms with van der Waals surface area (Å²) in [6.07, 6.45) is 0. The summed E-state index contributed by atoms with van der Waals surface area (Å²) in [5.74, 6) is -0.718. The summed E-state index contributed by atoms with van der Waals surface area (Å²) >= 11 is 3.88. The zero-order chi connectivity index (χ0) is 10.0. The van der Waals surface area contributed by atoms with Gasteiger partial charge in [-0.3, -0.25) is 9.36 Å². The maximum absolute atomic E-state index is 10.9. The third-order valence-corrected chi connectivity index (χ3v) is 1.94. The second-order valence-electron chi connectivity index (χ2n) is 2.47. The molecule has 1 aromatic rings. The summed E-state index contributed by atoms with van der Waals surface area (Å²) in [5, 5.41) is 20.9. The van der Waals surface area contributed by atoms with Crippen molar-refractivity contribution in [2.24, 2.45) is 0 Å². The van der Waals surface area contributed by atoms with Crippen LogP contribution in [0.15, 0.2) is 11.0 Å². The normalized spacial score (nSPS) is 10.0. The predicted octanol–water partition coefficient (Wildman–Crippen LogP) is -0.0660. The van der Waals surface area contributed by atoms with Crippen molar-refractivity contribution in [1.82, 2.24) is 9.88 Å². The monoisotopic (exact) mass is 202 g/mol. The minimum atomic E-state index is -0.311. The zero-order valence-electron chi connectivity index (χ0n) is 6.98. The van der Waals surface area contributed by atoms with Gasteiger partial charge in [-0.25, -0.2) is 0 Å². The van der Waals surface area contributed by atoms with Crippen LogP contribution in [-0.4, -0.2) is 27.7 Å². The lowest BCUT2D eigenvalue weighted by molar-refractivity contribution is -0.121. The summed E-state index contributed by atoms with van der Waals surface area (Å²) in [6, 6.07) is 1.27. The van der Waals surface area contributed by atoms with Crippen LogP contribution < -0.4 is 5.32 Å². The minimum absolute atomic E-state index is 0.130. The number of likely N-dealkylation sites (N-methyl/N-ethyl adjacent to an activating group) is 1. The molecule has 6 heteroatoms. The molecule has 0 unspecified atom stereocenters. The molecule has 72 valence electrons. The molecule has 0 fully saturated rings. The highest BCUT2D eigenvalue weighted by atomic mass is 32.1. The second kappa shape index (κ2) is 3.61. The van der Waals surface area contributed by atoms with E-state index < -0.39 is 0 Å². The number of nitrogens with zero attached hydrogens (tertiary/aromatic N) is 1. The highest BCUT2D eigenvalue weighted by Gasteiger charge is 2.13. The molecule has 0 saturated carbocycles. The van der Waals surface area contributed by atoms with Crippen molar-refractivity contribution in [3.05, 3.63) is 6.07 Å². The molecule has 0 bridgehead atoms. The van der Waals surface area contributed by atoms with Gasteiger partial charge in [0.1, 0.15) is 6.54 Å². The molecule has 0 aromatic carbocycles. The number of thiol groups is 1. The fraction of sp³-hybridized carbons (Fsp3) is 0.286. The van der Waals surface area contributed by atoms with Crippen LogP contribution in [0.25, 0.3) is 0 Å². The SMILES string of the molecule is CNC(=O)Cn1c(O)cc(S)c1O. The molecule has 1 heterocycles. The van der Waals surface area contributed by atoms with E-state index in [-0.39, 0.29) is 29.1 Å². The van der Waals surface area contributed by atoms with E-state index in [9.17, 15) is 15.0 Å². The quantitative estimate of drug-likeness (QED) is 0.507. The van der Waals surface area contributed by atoms with Crippen molar-refractivity contribution >= 4 is 18.5 Å². The van der Waals surface area contributed by atoms with Crippen LogP contribution in [-0.2, 0) is 11.3 Å². The number of aromatic nitrogens is 1. The molecule has 1 rings (SSSR count). The molecule has 13 heavy (non-hydrogen) atoms. The molecule has 0 aliphatic heterocycles. The molecule has 0 aliphatic carbocycles. The standard InChI is InChI=1S/C7H10N2O3S/c1-8-5(10)3-9-6(11)2-4(13)7(9)12/h2,11-13H,3H2,1H3,(H,8,10). The smallest absolute Gasteiger partial charge is 0.239 e. The van der Waals surface area contributed by atoms with Gasteiger partial charge in [0.2, 0.25) is 11.8 Å². The number of amides is 1. The van der Waals surface area contributed by atoms with E-state index in [4.69, 9.17) is 0 Å². The Bertz CT molecular complexity index is 335. The fourth-order valence-corrected chi connectivity index (χ4v) is 1.13. The number of carbonyl (C=O) groups excluding carboxylic acids is 1. The van der Waals surface area contributed by atoms with Crippen molar-refractivity contribution in [2.75, 3.05) is 7.05 Å². The topological polar surface area (TPSA) is 74.5 Å². The Balaban J connectivity index is 2.94. The first kappa shape index (κ1) is 9.79.